The van der Waals surface area contributed by atoms with Crippen LogP contribution in [0.3, 0.4) is 0 Å². The molecular formula is C12H20N4S. The van der Waals surface area contributed by atoms with Crippen LogP contribution >= 0.6 is 11.8 Å². The zero-order valence-electron chi connectivity index (χ0n) is 10.9. The largest absolute Gasteiger partial charge is 0.332 e. The number of nitrogens with one attached hydrogen (secondary N) is 1. The van der Waals surface area contributed by atoms with E-state index in [2.05, 4.69) is 36.2 Å². The molecule has 1 aromatic rings. The summed E-state index contributed by atoms with van der Waals surface area (Å²) in [4.78, 5) is 4.64. The number of thioether (sulfide) groups is 1. The number of hydrogen-bond donors (Lipinski definition) is 1. The molecule has 94 valence electrons. The minimum atomic E-state index is 0.412. The minimum absolute atomic E-state index is 0.412. The van der Waals surface area contributed by atoms with Crippen molar-refractivity contribution in [2.24, 2.45) is 12.0 Å². The average molecular weight is 252 g/mol. The number of aliphatic imine (C=N–C) groups is 1. The van der Waals surface area contributed by atoms with E-state index in [1.54, 1.807) is 0 Å². The SMILES string of the molecule is CCc1nn(C)cc1NC1=NC(C)CC(C)S1. The van der Waals surface area contributed by atoms with Gasteiger partial charge in [0.05, 0.1) is 17.4 Å². The molecule has 0 bridgehead atoms. The topological polar surface area (TPSA) is 42.2 Å². The lowest BCUT2D eigenvalue weighted by molar-refractivity contribution is 0.661. The van der Waals surface area contributed by atoms with Gasteiger partial charge in [0.2, 0.25) is 0 Å². The monoisotopic (exact) mass is 252 g/mol. The highest BCUT2D eigenvalue weighted by atomic mass is 32.2. The molecule has 1 aliphatic rings. The van der Waals surface area contributed by atoms with Crippen LogP contribution in [0.25, 0.3) is 0 Å². The summed E-state index contributed by atoms with van der Waals surface area (Å²) in [6, 6.07) is 0.412. The Morgan fingerprint density at radius 3 is 2.94 bits per heavy atom. The van der Waals surface area contributed by atoms with E-state index in [1.807, 2.05) is 29.7 Å². The van der Waals surface area contributed by atoms with Gasteiger partial charge in [-0.15, -0.1) is 0 Å². The first-order chi connectivity index (χ1) is 8.08. The average Bonchev–Trinajstić information content (AvgIpc) is 2.57. The van der Waals surface area contributed by atoms with Gasteiger partial charge in [0.15, 0.2) is 5.17 Å². The smallest absolute Gasteiger partial charge is 0.161 e. The molecule has 0 aliphatic carbocycles. The summed E-state index contributed by atoms with van der Waals surface area (Å²) in [6.07, 6.45) is 4.11. The molecule has 0 amide bonds. The molecule has 17 heavy (non-hydrogen) atoms. The first-order valence-corrected chi connectivity index (χ1v) is 7.00. The summed E-state index contributed by atoms with van der Waals surface area (Å²) in [5.74, 6) is 0. The summed E-state index contributed by atoms with van der Waals surface area (Å²) in [5.41, 5.74) is 2.18. The maximum Gasteiger partial charge on any atom is 0.161 e. The first-order valence-electron chi connectivity index (χ1n) is 6.12. The van der Waals surface area contributed by atoms with Crippen LogP contribution in [0.5, 0.6) is 0 Å². The normalized spacial score (nSPS) is 24.6. The highest BCUT2D eigenvalue weighted by Gasteiger charge is 2.19. The predicted molar refractivity (Wildman–Crippen MR) is 74.8 cm³/mol. The van der Waals surface area contributed by atoms with Crippen molar-refractivity contribution in [3.8, 4) is 0 Å². The molecule has 0 saturated heterocycles. The van der Waals surface area contributed by atoms with E-state index in [1.165, 1.54) is 0 Å². The van der Waals surface area contributed by atoms with Crippen molar-refractivity contribution in [3.05, 3.63) is 11.9 Å². The molecule has 1 aliphatic heterocycles. The number of anilines is 1. The number of aromatic nitrogens is 2. The van der Waals surface area contributed by atoms with Gasteiger partial charge in [0, 0.05) is 18.5 Å². The quantitative estimate of drug-likeness (QED) is 0.880. The second kappa shape index (κ2) is 5.12. The van der Waals surface area contributed by atoms with Gasteiger partial charge >= 0.3 is 0 Å². The third-order valence-electron chi connectivity index (χ3n) is 2.81. The van der Waals surface area contributed by atoms with Crippen molar-refractivity contribution in [2.45, 2.75) is 44.9 Å². The highest BCUT2D eigenvalue weighted by Crippen LogP contribution is 2.26. The van der Waals surface area contributed by atoms with E-state index in [0.29, 0.717) is 11.3 Å². The highest BCUT2D eigenvalue weighted by molar-refractivity contribution is 8.14. The fraction of sp³-hybridized carbons (Fsp3) is 0.667. The lowest BCUT2D eigenvalue weighted by Crippen LogP contribution is -2.22. The molecule has 0 saturated carbocycles. The van der Waals surface area contributed by atoms with Crippen molar-refractivity contribution >= 4 is 22.6 Å². The Bertz CT molecular complexity index is 424. The molecule has 1 aromatic heterocycles. The minimum Gasteiger partial charge on any atom is -0.332 e. The Hall–Kier alpha value is -0.970. The van der Waals surface area contributed by atoms with E-state index >= 15 is 0 Å². The molecule has 0 spiro atoms. The van der Waals surface area contributed by atoms with Crippen LogP contribution < -0.4 is 5.32 Å². The second-order valence-corrected chi connectivity index (χ2v) is 6.02. The summed E-state index contributed by atoms with van der Waals surface area (Å²) >= 11 is 1.82. The molecule has 4 nitrogen and oxygen atoms in total. The van der Waals surface area contributed by atoms with Crippen LogP contribution in [0, 0.1) is 0 Å². The summed E-state index contributed by atoms with van der Waals surface area (Å²) in [6.45, 7) is 6.54. The zero-order valence-corrected chi connectivity index (χ0v) is 11.7. The molecule has 1 N–H and O–H groups in total. The van der Waals surface area contributed by atoms with E-state index in [9.17, 15) is 0 Å². The van der Waals surface area contributed by atoms with Crippen molar-refractivity contribution in [2.75, 3.05) is 5.32 Å². The first kappa shape index (κ1) is 12.5. The van der Waals surface area contributed by atoms with Gasteiger partial charge in [0.1, 0.15) is 0 Å². The number of nitrogens with zero attached hydrogens (tertiary/aromatic N) is 3. The van der Waals surface area contributed by atoms with Crippen LogP contribution in [-0.2, 0) is 13.5 Å². The molecule has 5 heteroatoms. The number of rotatable bonds is 2. The number of aryl methyl sites for hydroxylation is 2. The van der Waals surface area contributed by atoms with Gasteiger partial charge < -0.3 is 5.32 Å². The molecule has 0 fully saturated rings. The lowest BCUT2D eigenvalue weighted by atomic mass is 10.2. The standard InChI is InChI=1S/C12H20N4S/c1-5-10-11(7-16(4)15-10)14-12-13-8(2)6-9(3)17-12/h7-9H,5-6H2,1-4H3,(H,13,14). The van der Waals surface area contributed by atoms with Crippen LogP contribution in [0.4, 0.5) is 5.69 Å². The molecule has 0 radical (unpaired) electrons. The van der Waals surface area contributed by atoms with Crippen LogP contribution in [0.1, 0.15) is 32.9 Å². The maximum absolute atomic E-state index is 4.64. The Morgan fingerprint density at radius 2 is 2.29 bits per heavy atom. The van der Waals surface area contributed by atoms with Crippen molar-refractivity contribution < 1.29 is 0 Å². The van der Waals surface area contributed by atoms with Crippen LogP contribution in [0.2, 0.25) is 0 Å². The van der Waals surface area contributed by atoms with E-state index in [4.69, 9.17) is 0 Å². The molecular weight excluding hydrogens is 232 g/mol. The Morgan fingerprint density at radius 1 is 1.53 bits per heavy atom. The van der Waals surface area contributed by atoms with Crippen LogP contribution in [-0.4, -0.2) is 26.2 Å². The van der Waals surface area contributed by atoms with Crippen molar-refractivity contribution in [1.82, 2.24) is 9.78 Å². The van der Waals surface area contributed by atoms with Gasteiger partial charge in [-0.3, -0.25) is 9.67 Å². The Kier molecular flexibility index (Phi) is 3.76. The molecule has 2 heterocycles. The van der Waals surface area contributed by atoms with E-state index < -0.39 is 0 Å². The number of hydrogen-bond acceptors (Lipinski definition) is 4. The van der Waals surface area contributed by atoms with Crippen molar-refractivity contribution in [3.63, 3.8) is 0 Å². The number of amidine groups is 1. The molecule has 2 unspecified atom stereocenters. The van der Waals surface area contributed by atoms with Crippen molar-refractivity contribution in [1.29, 1.82) is 0 Å². The van der Waals surface area contributed by atoms with Gasteiger partial charge in [0.25, 0.3) is 0 Å². The predicted octanol–water partition coefficient (Wildman–Crippen LogP) is 2.66. The maximum atomic E-state index is 4.64. The van der Waals surface area contributed by atoms with Gasteiger partial charge in [-0.2, -0.15) is 5.10 Å². The Labute approximate surface area is 107 Å². The van der Waals surface area contributed by atoms with E-state index in [-0.39, 0.29) is 0 Å². The summed E-state index contributed by atoms with van der Waals surface area (Å²) in [5, 5.41) is 9.49. The van der Waals surface area contributed by atoms with Gasteiger partial charge in [-0.1, -0.05) is 25.6 Å². The zero-order chi connectivity index (χ0) is 12.4. The fourth-order valence-corrected chi connectivity index (χ4v) is 3.24. The van der Waals surface area contributed by atoms with E-state index in [0.717, 1.165) is 29.4 Å². The van der Waals surface area contributed by atoms with Gasteiger partial charge in [-0.25, -0.2) is 0 Å². The molecule has 0 aromatic carbocycles. The summed E-state index contributed by atoms with van der Waals surface area (Å²) in [7, 11) is 1.95. The third kappa shape index (κ3) is 3.03. The Balaban J connectivity index is 2.14. The fourth-order valence-electron chi connectivity index (χ4n) is 2.08. The van der Waals surface area contributed by atoms with Gasteiger partial charge in [-0.05, 0) is 19.8 Å². The van der Waals surface area contributed by atoms with Crippen LogP contribution in [0.15, 0.2) is 11.2 Å². The molecule has 2 atom stereocenters. The lowest BCUT2D eigenvalue weighted by Gasteiger charge is -2.22. The second-order valence-electron chi connectivity index (χ2n) is 4.59. The molecule has 2 rings (SSSR count). The third-order valence-corrected chi connectivity index (χ3v) is 3.83. The summed E-state index contributed by atoms with van der Waals surface area (Å²) < 4.78 is 1.85.